The van der Waals surface area contributed by atoms with E-state index in [0.29, 0.717) is 5.69 Å². The van der Waals surface area contributed by atoms with Crippen molar-refractivity contribution >= 4 is 17.6 Å². The average Bonchev–Trinajstić information content (AvgIpc) is 2.43. The van der Waals surface area contributed by atoms with Gasteiger partial charge in [0.1, 0.15) is 11.6 Å². The molecule has 0 heterocycles. The Morgan fingerprint density at radius 2 is 1.85 bits per heavy atom. The highest BCUT2D eigenvalue weighted by Crippen LogP contribution is 2.15. The monoisotopic (exact) mass is 277 g/mol. The van der Waals surface area contributed by atoms with Gasteiger partial charge >= 0.3 is 0 Å². The maximum Gasteiger partial charge on any atom is 0.270 e. The number of benzene rings is 2. The standard InChI is InChI=1S/C13H9F2N3O2/c14-10-1-3-11(4-2-10)17-16-8-9-7-12(18(19)20)5-6-13(9)15/h1-8,17H. The maximum atomic E-state index is 13.4. The summed E-state index contributed by atoms with van der Waals surface area (Å²) in [5, 5.41) is 14.3. The minimum Gasteiger partial charge on any atom is -0.278 e. The molecule has 2 rings (SSSR count). The van der Waals surface area contributed by atoms with Crippen LogP contribution < -0.4 is 5.43 Å². The normalized spacial score (nSPS) is 10.7. The van der Waals surface area contributed by atoms with Crippen molar-refractivity contribution in [2.75, 3.05) is 5.43 Å². The molecule has 0 aromatic heterocycles. The fourth-order valence-corrected chi connectivity index (χ4v) is 1.44. The molecule has 0 aliphatic heterocycles. The summed E-state index contributed by atoms with van der Waals surface area (Å²) in [6.07, 6.45) is 1.12. The van der Waals surface area contributed by atoms with E-state index in [1.165, 1.54) is 24.3 Å². The lowest BCUT2D eigenvalue weighted by Gasteiger charge is -2.00. The van der Waals surface area contributed by atoms with Gasteiger partial charge < -0.3 is 0 Å². The first kappa shape index (κ1) is 13.6. The van der Waals surface area contributed by atoms with Gasteiger partial charge in [0.25, 0.3) is 5.69 Å². The summed E-state index contributed by atoms with van der Waals surface area (Å²) in [5.41, 5.74) is 2.82. The van der Waals surface area contributed by atoms with Gasteiger partial charge in [0.05, 0.1) is 16.8 Å². The topological polar surface area (TPSA) is 67.5 Å². The number of hydrazone groups is 1. The van der Waals surface area contributed by atoms with Gasteiger partial charge in [-0.05, 0) is 30.3 Å². The number of non-ortho nitro benzene ring substituents is 1. The van der Waals surface area contributed by atoms with Gasteiger partial charge in [0.15, 0.2) is 0 Å². The summed E-state index contributed by atoms with van der Waals surface area (Å²) in [5.74, 6) is -1.01. The number of nitro groups is 1. The van der Waals surface area contributed by atoms with E-state index in [-0.39, 0.29) is 17.1 Å². The van der Waals surface area contributed by atoms with E-state index in [1.54, 1.807) is 0 Å². The first-order valence-corrected chi connectivity index (χ1v) is 5.55. The van der Waals surface area contributed by atoms with Crippen molar-refractivity contribution in [1.29, 1.82) is 0 Å². The smallest absolute Gasteiger partial charge is 0.270 e. The van der Waals surface area contributed by atoms with Gasteiger partial charge in [-0.2, -0.15) is 5.10 Å². The number of rotatable bonds is 4. The van der Waals surface area contributed by atoms with Crippen molar-refractivity contribution in [2.45, 2.75) is 0 Å². The van der Waals surface area contributed by atoms with E-state index in [1.807, 2.05) is 0 Å². The predicted molar refractivity (Wildman–Crippen MR) is 70.7 cm³/mol. The third-order valence-electron chi connectivity index (χ3n) is 2.43. The fourth-order valence-electron chi connectivity index (χ4n) is 1.44. The quantitative estimate of drug-likeness (QED) is 0.529. The molecule has 2 aromatic rings. The van der Waals surface area contributed by atoms with Crippen LogP contribution in [-0.4, -0.2) is 11.1 Å². The molecule has 7 heteroatoms. The number of nitro benzene ring substituents is 1. The lowest BCUT2D eigenvalue weighted by atomic mass is 10.2. The van der Waals surface area contributed by atoms with Gasteiger partial charge in [-0.3, -0.25) is 15.5 Å². The van der Waals surface area contributed by atoms with Crippen LogP contribution in [0.15, 0.2) is 47.6 Å². The van der Waals surface area contributed by atoms with Gasteiger partial charge in [0.2, 0.25) is 0 Å². The number of nitrogens with one attached hydrogen (secondary N) is 1. The molecule has 2 aromatic carbocycles. The van der Waals surface area contributed by atoms with E-state index in [2.05, 4.69) is 10.5 Å². The second-order valence-corrected chi connectivity index (χ2v) is 3.84. The van der Waals surface area contributed by atoms with Crippen LogP contribution >= 0.6 is 0 Å². The van der Waals surface area contributed by atoms with E-state index in [4.69, 9.17) is 0 Å². The van der Waals surface area contributed by atoms with Crippen molar-refractivity contribution in [2.24, 2.45) is 5.10 Å². The molecular formula is C13H9F2N3O2. The Morgan fingerprint density at radius 3 is 2.50 bits per heavy atom. The summed E-state index contributed by atoms with van der Waals surface area (Å²) in [7, 11) is 0. The Bertz CT molecular complexity index is 657. The molecule has 0 amide bonds. The lowest BCUT2D eigenvalue weighted by molar-refractivity contribution is -0.384. The van der Waals surface area contributed by atoms with Crippen molar-refractivity contribution in [3.05, 3.63) is 69.8 Å². The molecule has 0 aliphatic rings. The fraction of sp³-hybridized carbons (Fsp3) is 0. The molecule has 20 heavy (non-hydrogen) atoms. The molecule has 0 radical (unpaired) electrons. The molecule has 0 spiro atoms. The summed E-state index contributed by atoms with van der Waals surface area (Å²) in [4.78, 5) is 9.96. The molecule has 0 unspecified atom stereocenters. The zero-order valence-corrected chi connectivity index (χ0v) is 10.1. The van der Waals surface area contributed by atoms with Crippen LogP contribution in [0.2, 0.25) is 0 Å². The number of hydrogen-bond acceptors (Lipinski definition) is 4. The van der Waals surface area contributed by atoms with E-state index in [0.717, 1.165) is 24.4 Å². The maximum absolute atomic E-state index is 13.4. The summed E-state index contributed by atoms with van der Waals surface area (Å²) in [6, 6.07) is 8.53. The van der Waals surface area contributed by atoms with E-state index in [9.17, 15) is 18.9 Å². The molecule has 1 N–H and O–H groups in total. The summed E-state index contributed by atoms with van der Waals surface area (Å²) < 4.78 is 26.1. The molecular weight excluding hydrogens is 268 g/mol. The van der Waals surface area contributed by atoms with Crippen molar-refractivity contribution in [1.82, 2.24) is 0 Å². The third kappa shape index (κ3) is 3.35. The predicted octanol–water partition coefficient (Wildman–Crippen LogP) is 3.32. The molecule has 0 atom stereocenters. The lowest BCUT2D eigenvalue weighted by Crippen LogP contribution is -1.96. The van der Waals surface area contributed by atoms with Crippen LogP contribution in [0.3, 0.4) is 0 Å². The minimum atomic E-state index is -0.625. The third-order valence-corrected chi connectivity index (χ3v) is 2.43. The van der Waals surface area contributed by atoms with Crippen molar-refractivity contribution in [3.63, 3.8) is 0 Å². The zero-order chi connectivity index (χ0) is 14.5. The van der Waals surface area contributed by atoms with Gasteiger partial charge in [-0.15, -0.1) is 0 Å². The van der Waals surface area contributed by atoms with Gasteiger partial charge in [0, 0.05) is 17.7 Å². The molecule has 102 valence electrons. The van der Waals surface area contributed by atoms with Gasteiger partial charge in [-0.25, -0.2) is 8.78 Å². The highest BCUT2D eigenvalue weighted by molar-refractivity contribution is 5.81. The van der Waals surface area contributed by atoms with Crippen LogP contribution in [0.4, 0.5) is 20.2 Å². The molecule has 5 nitrogen and oxygen atoms in total. The largest absolute Gasteiger partial charge is 0.278 e. The second kappa shape index (κ2) is 5.87. The van der Waals surface area contributed by atoms with Crippen LogP contribution in [0.5, 0.6) is 0 Å². The van der Waals surface area contributed by atoms with E-state index >= 15 is 0 Å². The van der Waals surface area contributed by atoms with Crippen LogP contribution in [0.1, 0.15) is 5.56 Å². The Kier molecular flexibility index (Phi) is 3.99. The Labute approximate surface area is 112 Å². The molecule has 0 saturated heterocycles. The first-order chi connectivity index (χ1) is 9.56. The van der Waals surface area contributed by atoms with Crippen molar-refractivity contribution < 1.29 is 13.7 Å². The minimum absolute atomic E-state index is 0.0196. The Hall–Kier alpha value is -2.83. The Morgan fingerprint density at radius 1 is 1.15 bits per heavy atom. The number of nitrogens with zero attached hydrogens (tertiary/aromatic N) is 2. The highest BCUT2D eigenvalue weighted by atomic mass is 19.1. The average molecular weight is 277 g/mol. The molecule has 0 fully saturated rings. The van der Waals surface area contributed by atoms with Crippen LogP contribution in [-0.2, 0) is 0 Å². The summed E-state index contributed by atoms with van der Waals surface area (Å²) in [6.45, 7) is 0. The zero-order valence-electron chi connectivity index (χ0n) is 10.1. The van der Waals surface area contributed by atoms with E-state index < -0.39 is 10.7 Å². The second-order valence-electron chi connectivity index (χ2n) is 3.84. The Balaban J connectivity index is 2.12. The highest BCUT2D eigenvalue weighted by Gasteiger charge is 2.09. The molecule has 0 bridgehead atoms. The van der Waals surface area contributed by atoms with Crippen LogP contribution in [0.25, 0.3) is 0 Å². The number of anilines is 1. The van der Waals surface area contributed by atoms with Crippen LogP contribution in [0, 0.1) is 21.7 Å². The first-order valence-electron chi connectivity index (χ1n) is 5.55. The number of hydrogen-bond donors (Lipinski definition) is 1. The van der Waals surface area contributed by atoms with Gasteiger partial charge in [-0.1, -0.05) is 0 Å². The molecule has 0 aliphatic carbocycles. The molecule has 0 saturated carbocycles. The van der Waals surface area contributed by atoms with Crippen molar-refractivity contribution in [3.8, 4) is 0 Å². The summed E-state index contributed by atoms with van der Waals surface area (Å²) >= 11 is 0. The number of halogens is 2. The SMILES string of the molecule is O=[N+]([O-])c1ccc(F)c(C=NNc2ccc(F)cc2)c1.